The summed E-state index contributed by atoms with van der Waals surface area (Å²) in [5.41, 5.74) is 10.3. The van der Waals surface area contributed by atoms with Crippen LogP contribution in [0.1, 0.15) is 5.56 Å². The van der Waals surface area contributed by atoms with Crippen molar-refractivity contribution < 1.29 is 0 Å². The molecular formula is C10H11N5. The lowest BCUT2D eigenvalue weighted by molar-refractivity contribution is 0.916. The Morgan fingerprint density at radius 1 is 1.60 bits per heavy atom. The van der Waals surface area contributed by atoms with Gasteiger partial charge in [-0.25, -0.2) is 4.98 Å². The first-order chi connectivity index (χ1) is 7.33. The molecule has 5 nitrogen and oxygen atoms in total. The van der Waals surface area contributed by atoms with Crippen molar-refractivity contribution in [2.45, 2.75) is 6.42 Å². The van der Waals surface area contributed by atoms with Crippen LogP contribution in [0, 0.1) is 0 Å². The highest BCUT2D eigenvalue weighted by Gasteiger charge is 2.05. The van der Waals surface area contributed by atoms with Gasteiger partial charge >= 0.3 is 0 Å². The molecule has 2 aromatic rings. The number of aromatic nitrogens is 2. The van der Waals surface area contributed by atoms with Crippen molar-refractivity contribution in [1.29, 1.82) is 0 Å². The predicted octanol–water partition coefficient (Wildman–Crippen LogP) is 2.43. The molecule has 2 heterocycles. The van der Waals surface area contributed by atoms with Crippen LogP contribution in [0.4, 0.5) is 0 Å². The number of hydrogen-bond acceptors (Lipinski definition) is 2. The van der Waals surface area contributed by atoms with E-state index >= 15 is 0 Å². The van der Waals surface area contributed by atoms with Gasteiger partial charge in [0.15, 0.2) is 0 Å². The van der Waals surface area contributed by atoms with E-state index in [1.54, 1.807) is 6.20 Å². The number of nitrogens with zero attached hydrogens (tertiary/aromatic N) is 5. The SMILES string of the molecule is Cn1cc(CCN=[N+]=[N-])c2cccnc21. The van der Waals surface area contributed by atoms with Gasteiger partial charge in [0.2, 0.25) is 0 Å². The smallest absolute Gasteiger partial charge is 0.139 e. The van der Waals surface area contributed by atoms with E-state index in [1.807, 2.05) is 29.9 Å². The second kappa shape index (κ2) is 4.02. The largest absolute Gasteiger partial charge is 0.335 e. The van der Waals surface area contributed by atoms with E-state index < -0.39 is 0 Å². The fraction of sp³-hybridized carbons (Fsp3) is 0.300. The lowest BCUT2D eigenvalue weighted by atomic mass is 10.2. The first kappa shape index (κ1) is 9.55. The van der Waals surface area contributed by atoms with Gasteiger partial charge in [-0.2, -0.15) is 0 Å². The Morgan fingerprint density at radius 3 is 3.27 bits per heavy atom. The monoisotopic (exact) mass is 201 g/mol. The average Bonchev–Trinajstić information content (AvgIpc) is 2.58. The molecule has 0 saturated carbocycles. The summed E-state index contributed by atoms with van der Waals surface area (Å²) in [6.45, 7) is 0.491. The molecule has 0 aromatic carbocycles. The average molecular weight is 201 g/mol. The number of azide groups is 1. The number of aryl methyl sites for hydroxylation is 1. The molecule has 76 valence electrons. The molecule has 2 rings (SSSR count). The van der Waals surface area contributed by atoms with Crippen molar-refractivity contribution in [1.82, 2.24) is 9.55 Å². The van der Waals surface area contributed by atoms with Crippen LogP contribution in [-0.2, 0) is 13.5 Å². The number of fused-ring (bicyclic) bond motifs is 1. The van der Waals surface area contributed by atoms with Gasteiger partial charge in [-0.3, -0.25) is 0 Å². The van der Waals surface area contributed by atoms with Crippen LogP contribution in [-0.4, -0.2) is 16.1 Å². The first-order valence-corrected chi connectivity index (χ1v) is 4.72. The van der Waals surface area contributed by atoms with Crippen LogP contribution >= 0.6 is 0 Å². The Balaban J connectivity index is 2.39. The Hall–Kier alpha value is -2.00. The lowest BCUT2D eigenvalue weighted by Crippen LogP contribution is -1.86. The molecule has 0 aliphatic rings. The maximum Gasteiger partial charge on any atom is 0.139 e. The van der Waals surface area contributed by atoms with Gasteiger partial charge < -0.3 is 4.57 Å². The Morgan fingerprint density at radius 2 is 2.47 bits per heavy atom. The normalized spacial score (nSPS) is 10.2. The molecule has 0 amide bonds. The summed E-state index contributed by atoms with van der Waals surface area (Å²) in [6, 6.07) is 3.95. The van der Waals surface area contributed by atoms with Crippen molar-refractivity contribution >= 4 is 11.0 Å². The fourth-order valence-electron chi connectivity index (χ4n) is 1.71. The molecule has 0 aliphatic carbocycles. The van der Waals surface area contributed by atoms with Crippen molar-refractivity contribution in [3.63, 3.8) is 0 Å². The van der Waals surface area contributed by atoms with Gasteiger partial charge in [-0.05, 0) is 29.6 Å². The van der Waals surface area contributed by atoms with E-state index in [1.165, 1.54) is 5.56 Å². The van der Waals surface area contributed by atoms with Crippen molar-refractivity contribution in [2.24, 2.45) is 12.2 Å². The zero-order chi connectivity index (χ0) is 10.7. The van der Waals surface area contributed by atoms with Crippen LogP contribution in [0.5, 0.6) is 0 Å². The maximum atomic E-state index is 8.20. The third-order valence-electron chi connectivity index (χ3n) is 2.36. The highest BCUT2D eigenvalue weighted by molar-refractivity contribution is 5.80. The minimum absolute atomic E-state index is 0.491. The summed E-state index contributed by atoms with van der Waals surface area (Å²) in [4.78, 5) is 7.03. The van der Waals surface area contributed by atoms with Crippen molar-refractivity contribution in [3.8, 4) is 0 Å². The third kappa shape index (κ3) is 1.78. The molecule has 15 heavy (non-hydrogen) atoms. The van der Waals surface area contributed by atoms with Gasteiger partial charge in [-0.1, -0.05) is 5.11 Å². The minimum Gasteiger partial charge on any atom is -0.335 e. The van der Waals surface area contributed by atoms with Crippen LogP contribution < -0.4 is 0 Å². The van der Waals surface area contributed by atoms with E-state index in [-0.39, 0.29) is 0 Å². The zero-order valence-corrected chi connectivity index (χ0v) is 8.46. The number of pyridine rings is 1. The summed E-state index contributed by atoms with van der Waals surface area (Å²) in [6.07, 6.45) is 4.57. The Kier molecular flexibility index (Phi) is 2.56. The van der Waals surface area contributed by atoms with E-state index in [0.717, 1.165) is 17.5 Å². The molecule has 0 bridgehead atoms. The summed E-state index contributed by atoms with van der Waals surface area (Å²) in [5.74, 6) is 0. The standard InChI is InChI=1S/C10H11N5/c1-15-7-8(4-6-13-14-11)9-3-2-5-12-10(9)15/h2-3,5,7H,4,6H2,1H3. The van der Waals surface area contributed by atoms with E-state index in [0.29, 0.717) is 6.54 Å². The summed E-state index contributed by atoms with van der Waals surface area (Å²) in [7, 11) is 1.96. The molecule has 5 heteroatoms. The molecule has 0 atom stereocenters. The number of rotatable bonds is 3. The highest BCUT2D eigenvalue weighted by atomic mass is 15.1. The molecule has 0 radical (unpaired) electrons. The first-order valence-electron chi connectivity index (χ1n) is 4.72. The van der Waals surface area contributed by atoms with Crippen LogP contribution in [0.25, 0.3) is 21.5 Å². The zero-order valence-electron chi connectivity index (χ0n) is 8.46. The summed E-state index contributed by atoms with van der Waals surface area (Å²) in [5, 5.41) is 4.67. The van der Waals surface area contributed by atoms with Crippen LogP contribution in [0.3, 0.4) is 0 Å². The van der Waals surface area contributed by atoms with E-state index in [9.17, 15) is 0 Å². The van der Waals surface area contributed by atoms with Crippen molar-refractivity contribution in [3.05, 3.63) is 40.5 Å². The third-order valence-corrected chi connectivity index (χ3v) is 2.36. The van der Waals surface area contributed by atoms with Crippen LogP contribution in [0.15, 0.2) is 29.6 Å². The molecular weight excluding hydrogens is 190 g/mol. The van der Waals surface area contributed by atoms with Gasteiger partial charge in [0.05, 0.1) is 0 Å². The quantitative estimate of drug-likeness (QED) is 0.427. The topological polar surface area (TPSA) is 66.6 Å². The number of hydrogen-bond donors (Lipinski definition) is 0. The van der Waals surface area contributed by atoms with Gasteiger partial charge in [-0.15, -0.1) is 0 Å². The maximum absolute atomic E-state index is 8.20. The minimum atomic E-state index is 0.491. The molecule has 0 saturated heterocycles. The van der Waals surface area contributed by atoms with Gasteiger partial charge in [0.1, 0.15) is 5.65 Å². The lowest BCUT2D eigenvalue weighted by Gasteiger charge is -1.93. The van der Waals surface area contributed by atoms with E-state index in [2.05, 4.69) is 15.0 Å². The molecule has 0 fully saturated rings. The van der Waals surface area contributed by atoms with Gasteiger partial charge in [0.25, 0.3) is 0 Å². The highest BCUT2D eigenvalue weighted by Crippen LogP contribution is 2.18. The molecule has 0 aliphatic heterocycles. The van der Waals surface area contributed by atoms with Gasteiger partial charge in [0, 0.05) is 36.3 Å². The Bertz CT molecular complexity index is 522. The summed E-state index contributed by atoms with van der Waals surface area (Å²) < 4.78 is 1.99. The summed E-state index contributed by atoms with van der Waals surface area (Å²) >= 11 is 0. The van der Waals surface area contributed by atoms with Crippen molar-refractivity contribution in [2.75, 3.05) is 6.54 Å². The molecule has 0 unspecified atom stereocenters. The Labute approximate surface area is 87.0 Å². The second-order valence-electron chi connectivity index (χ2n) is 3.34. The van der Waals surface area contributed by atoms with E-state index in [4.69, 9.17) is 5.53 Å². The molecule has 0 N–H and O–H groups in total. The predicted molar refractivity (Wildman–Crippen MR) is 58.4 cm³/mol. The molecule has 2 aromatic heterocycles. The molecule has 0 spiro atoms. The second-order valence-corrected chi connectivity index (χ2v) is 3.34. The fourth-order valence-corrected chi connectivity index (χ4v) is 1.71. The van der Waals surface area contributed by atoms with Crippen LogP contribution in [0.2, 0.25) is 0 Å².